The van der Waals surface area contributed by atoms with E-state index in [1.165, 1.54) is 6.07 Å². The van der Waals surface area contributed by atoms with Crippen LogP contribution in [0.1, 0.15) is 5.56 Å². The highest BCUT2D eigenvalue weighted by Gasteiger charge is 2.16. The molecule has 0 saturated carbocycles. The summed E-state index contributed by atoms with van der Waals surface area (Å²) in [6, 6.07) is 7.99. The normalized spacial score (nSPS) is 10.2. The standard InChI is InChI=1S/C12H8BrClN2O3/c13-12-9(16(17)18)2-1-3-10(12)19-11-5-4-8(6-14)7-15-11/h1-5,7H,6H2. The summed E-state index contributed by atoms with van der Waals surface area (Å²) in [6.45, 7) is 0. The number of nitro benzene ring substituents is 1. The quantitative estimate of drug-likeness (QED) is 0.472. The Labute approximate surface area is 122 Å². The van der Waals surface area contributed by atoms with Crippen molar-refractivity contribution >= 4 is 33.2 Å². The van der Waals surface area contributed by atoms with Gasteiger partial charge in [0, 0.05) is 24.2 Å². The zero-order valence-corrected chi connectivity index (χ0v) is 11.9. The lowest BCUT2D eigenvalue weighted by molar-refractivity contribution is -0.385. The van der Waals surface area contributed by atoms with E-state index in [0.717, 1.165) is 5.56 Å². The predicted octanol–water partition coefficient (Wildman–Crippen LogP) is 4.28. The number of pyridine rings is 1. The summed E-state index contributed by atoms with van der Waals surface area (Å²) in [5.74, 6) is 1.05. The number of alkyl halides is 1. The van der Waals surface area contributed by atoms with Gasteiger partial charge in [-0.25, -0.2) is 4.98 Å². The summed E-state index contributed by atoms with van der Waals surface area (Å²) < 4.78 is 5.77. The van der Waals surface area contributed by atoms with Crippen LogP contribution >= 0.6 is 27.5 Å². The van der Waals surface area contributed by atoms with Gasteiger partial charge in [0.2, 0.25) is 5.88 Å². The first kappa shape index (κ1) is 13.8. The average Bonchev–Trinajstić information content (AvgIpc) is 2.41. The zero-order chi connectivity index (χ0) is 13.8. The lowest BCUT2D eigenvalue weighted by Crippen LogP contribution is -1.93. The number of nitrogens with zero attached hydrogens (tertiary/aromatic N) is 2. The summed E-state index contributed by atoms with van der Waals surface area (Å²) >= 11 is 8.81. The van der Waals surface area contributed by atoms with E-state index in [9.17, 15) is 10.1 Å². The van der Waals surface area contributed by atoms with Gasteiger partial charge in [-0.3, -0.25) is 10.1 Å². The van der Waals surface area contributed by atoms with Gasteiger partial charge >= 0.3 is 0 Å². The third kappa shape index (κ3) is 3.21. The van der Waals surface area contributed by atoms with Crippen LogP contribution in [0.2, 0.25) is 0 Å². The van der Waals surface area contributed by atoms with Gasteiger partial charge in [-0.15, -0.1) is 11.6 Å². The number of halogens is 2. The number of hydrogen-bond donors (Lipinski definition) is 0. The summed E-state index contributed by atoms with van der Waals surface area (Å²) in [5.41, 5.74) is 0.807. The van der Waals surface area contributed by atoms with Crippen LogP contribution in [-0.2, 0) is 5.88 Å². The van der Waals surface area contributed by atoms with E-state index >= 15 is 0 Å². The highest BCUT2D eigenvalue weighted by atomic mass is 79.9. The second kappa shape index (κ2) is 5.99. The molecule has 7 heteroatoms. The molecule has 0 amide bonds. The number of rotatable bonds is 4. The van der Waals surface area contributed by atoms with Crippen LogP contribution in [-0.4, -0.2) is 9.91 Å². The van der Waals surface area contributed by atoms with Crippen molar-refractivity contribution in [2.45, 2.75) is 5.88 Å². The van der Waals surface area contributed by atoms with Crippen LogP contribution in [0.4, 0.5) is 5.69 Å². The van der Waals surface area contributed by atoms with E-state index in [2.05, 4.69) is 20.9 Å². The first-order valence-electron chi connectivity index (χ1n) is 5.23. The van der Waals surface area contributed by atoms with E-state index in [4.69, 9.17) is 16.3 Å². The minimum atomic E-state index is -0.485. The van der Waals surface area contributed by atoms with Gasteiger partial charge in [-0.05, 0) is 27.6 Å². The summed E-state index contributed by atoms with van der Waals surface area (Å²) in [6.07, 6.45) is 1.59. The van der Waals surface area contributed by atoms with Crippen molar-refractivity contribution in [1.82, 2.24) is 4.98 Å². The Morgan fingerprint density at radius 1 is 1.37 bits per heavy atom. The lowest BCUT2D eigenvalue weighted by Gasteiger charge is -2.07. The molecule has 5 nitrogen and oxygen atoms in total. The van der Waals surface area contributed by atoms with Gasteiger partial charge in [-0.2, -0.15) is 0 Å². The fourth-order valence-corrected chi connectivity index (χ4v) is 2.03. The maximum absolute atomic E-state index is 10.8. The van der Waals surface area contributed by atoms with Gasteiger partial charge < -0.3 is 4.74 Å². The SMILES string of the molecule is O=[N+]([O-])c1cccc(Oc2ccc(CCl)cn2)c1Br. The van der Waals surface area contributed by atoms with Crippen LogP contribution in [0.15, 0.2) is 41.0 Å². The molecule has 0 saturated heterocycles. The van der Waals surface area contributed by atoms with Crippen molar-refractivity contribution < 1.29 is 9.66 Å². The van der Waals surface area contributed by atoms with Crippen LogP contribution in [0.5, 0.6) is 11.6 Å². The van der Waals surface area contributed by atoms with Crippen molar-refractivity contribution in [2.24, 2.45) is 0 Å². The summed E-state index contributed by atoms with van der Waals surface area (Å²) in [7, 11) is 0. The molecular weight excluding hydrogens is 336 g/mol. The number of hydrogen-bond acceptors (Lipinski definition) is 4. The Morgan fingerprint density at radius 3 is 2.74 bits per heavy atom. The topological polar surface area (TPSA) is 65.3 Å². The van der Waals surface area contributed by atoms with Gasteiger partial charge in [0.1, 0.15) is 4.47 Å². The van der Waals surface area contributed by atoms with Crippen molar-refractivity contribution in [3.8, 4) is 11.6 Å². The molecule has 0 atom stereocenters. The summed E-state index contributed by atoms with van der Waals surface area (Å²) in [5, 5.41) is 10.8. The molecule has 98 valence electrons. The number of aromatic nitrogens is 1. The van der Waals surface area contributed by atoms with Crippen molar-refractivity contribution in [3.63, 3.8) is 0 Å². The molecule has 1 heterocycles. The van der Waals surface area contributed by atoms with E-state index in [1.54, 1.807) is 30.5 Å². The third-order valence-electron chi connectivity index (χ3n) is 2.31. The Kier molecular flexibility index (Phi) is 4.34. The molecule has 0 aliphatic rings. The van der Waals surface area contributed by atoms with E-state index < -0.39 is 4.92 Å². The maximum atomic E-state index is 10.8. The molecule has 0 unspecified atom stereocenters. The van der Waals surface area contributed by atoms with Crippen molar-refractivity contribution in [1.29, 1.82) is 0 Å². The van der Waals surface area contributed by atoms with Gasteiger partial charge in [-0.1, -0.05) is 12.1 Å². The number of ether oxygens (including phenoxy) is 1. The molecule has 1 aromatic heterocycles. The average molecular weight is 344 g/mol. The van der Waals surface area contributed by atoms with E-state index in [1.807, 2.05) is 0 Å². The third-order valence-corrected chi connectivity index (χ3v) is 3.41. The Balaban J connectivity index is 2.27. The molecule has 0 spiro atoms. The van der Waals surface area contributed by atoms with E-state index in [-0.39, 0.29) is 10.2 Å². The fraction of sp³-hybridized carbons (Fsp3) is 0.0833. The van der Waals surface area contributed by atoms with Crippen LogP contribution in [0.3, 0.4) is 0 Å². The zero-order valence-electron chi connectivity index (χ0n) is 9.55. The highest BCUT2D eigenvalue weighted by molar-refractivity contribution is 9.10. The molecule has 19 heavy (non-hydrogen) atoms. The van der Waals surface area contributed by atoms with Crippen LogP contribution in [0, 0.1) is 10.1 Å². The van der Waals surface area contributed by atoms with Crippen LogP contribution < -0.4 is 4.74 Å². The fourth-order valence-electron chi connectivity index (χ4n) is 1.38. The molecule has 2 rings (SSSR count). The largest absolute Gasteiger partial charge is 0.438 e. The molecule has 1 aromatic carbocycles. The Hall–Kier alpha value is -1.66. The Morgan fingerprint density at radius 2 is 2.16 bits per heavy atom. The molecule has 0 N–H and O–H groups in total. The molecule has 2 aromatic rings. The molecule has 0 bridgehead atoms. The number of benzene rings is 1. The second-order valence-electron chi connectivity index (χ2n) is 3.59. The highest BCUT2D eigenvalue weighted by Crippen LogP contribution is 2.35. The molecule has 0 fully saturated rings. The second-order valence-corrected chi connectivity index (χ2v) is 4.65. The van der Waals surface area contributed by atoms with Gasteiger partial charge in [0.15, 0.2) is 5.75 Å². The number of nitro groups is 1. The maximum Gasteiger partial charge on any atom is 0.287 e. The monoisotopic (exact) mass is 342 g/mol. The van der Waals surface area contributed by atoms with Crippen molar-refractivity contribution in [2.75, 3.05) is 0 Å². The molecule has 0 radical (unpaired) electrons. The van der Waals surface area contributed by atoms with Gasteiger partial charge in [0.25, 0.3) is 5.69 Å². The van der Waals surface area contributed by atoms with Crippen LogP contribution in [0.25, 0.3) is 0 Å². The van der Waals surface area contributed by atoms with Gasteiger partial charge in [0.05, 0.1) is 4.92 Å². The predicted molar refractivity (Wildman–Crippen MR) is 74.7 cm³/mol. The molecule has 0 aliphatic carbocycles. The minimum absolute atomic E-state index is 0.0603. The Bertz CT molecular complexity index is 604. The summed E-state index contributed by atoms with van der Waals surface area (Å²) in [4.78, 5) is 14.4. The first-order chi connectivity index (χ1) is 9.11. The molecule has 0 aliphatic heterocycles. The smallest absolute Gasteiger partial charge is 0.287 e. The van der Waals surface area contributed by atoms with Crippen molar-refractivity contribution in [3.05, 3.63) is 56.7 Å². The lowest BCUT2D eigenvalue weighted by atomic mass is 10.3. The minimum Gasteiger partial charge on any atom is -0.438 e. The molecular formula is C12H8BrClN2O3. The first-order valence-corrected chi connectivity index (χ1v) is 6.56. The van der Waals surface area contributed by atoms with E-state index in [0.29, 0.717) is 17.5 Å².